The first-order valence-corrected chi connectivity index (χ1v) is 34.9. The second-order valence-electron chi connectivity index (χ2n) is 23.4. The topological polar surface area (TPSA) is 614 Å². The van der Waals surface area contributed by atoms with Crippen molar-refractivity contribution in [1.82, 2.24) is 62.1 Å². The SMILES string of the molecule is C[C@@H](Cc1ccc(OCC(=O)N[C@@H](Cc2ccccc2)C(=O)NCCCC[C@H](NC(=O)N[C@@H](CCC(=O)O)C(=O)O)C(=O)O)cc1)NC(=O)CNC(=O)CCC(C(=O)O)N1CCN(CC(=O)O)CCN(C(CCC(=O)NCC(=O)NC(P(=O)(O)O)P(=O)(O)O)C(=O)O)CCN(CC(=O)O)CC1. The molecule has 1 aliphatic heterocycles. The van der Waals surface area contributed by atoms with Gasteiger partial charge in [0.1, 0.15) is 36.0 Å². The van der Waals surface area contributed by atoms with Gasteiger partial charge in [-0.2, -0.15) is 0 Å². The van der Waals surface area contributed by atoms with E-state index in [1.807, 2.05) is 5.32 Å². The smallest absolute Gasteiger partial charge is 0.360 e. The predicted octanol–water partition coefficient (Wildman–Crippen LogP) is -3.96. The van der Waals surface area contributed by atoms with Crippen LogP contribution in [0, 0.1) is 0 Å². The Bertz CT molecular complexity index is 3220. The summed E-state index contributed by atoms with van der Waals surface area (Å²) < 4.78 is 28.7. The molecule has 562 valence electrons. The quantitative estimate of drug-likeness (QED) is 0.0223. The third kappa shape index (κ3) is 35.1. The number of carbonyl (C=O) groups excluding carboxylic acids is 7. The number of carboxylic acids is 7. The first kappa shape index (κ1) is 86.0. The minimum Gasteiger partial charge on any atom is -0.484 e. The highest BCUT2D eigenvalue weighted by Crippen LogP contribution is 2.58. The molecule has 0 spiro atoms. The van der Waals surface area contributed by atoms with Crippen LogP contribution in [0.3, 0.4) is 0 Å². The number of benzene rings is 2. The van der Waals surface area contributed by atoms with E-state index in [4.69, 9.17) is 9.84 Å². The highest BCUT2D eigenvalue weighted by Gasteiger charge is 2.45. The van der Waals surface area contributed by atoms with E-state index < -0.39 is 205 Å². The number of aliphatic carboxylic acids is 7. The fraction of sp³-hybridized carbons (Fsp3) is 0.559. The van der Waals surface area contributed by atoms with Gasteiger partial charge in [-0.15, -0.1) is 0 Å². The Balaban J connectivity index is 1.53. The summed E-state index contributed by atoms with van der Waals surface area (Å²) in [5.74, 6) is -14.3. The number of unbranched alkanes of at least 4 members (excludes halogenated alkanes) is 1. The van der Waals surface area contributed by atoms with E-state index in [1.165, 1.54) is 24.9 Å². The first-order chi connectivity index (χ1) is 47.4. The van der Waals surface area contributed by atoms with Crippen LogP contribution in [-0.2, 0) is 84.3 Å². The monoisotopic (exact) mass is 1470 g/mol. The van der Waals surface area contributed by atoms with Crippen LogP contribution in [0.5, 0.6) is 5.75 Å². The zero-order valence-corrected chi connectivity index (χ0v) is 56.7. The molecule has 42 heteroatoms. The Kier molecular flexibility index (Phi) is 37.0. The van der Waals surface area contributed by atoms with Crippen LogP contribution >= 0.6 is 15.2 Å². The number of hydrogen-bond acceptors (Lipinski definition) is 21. The average Bonchev–Trinajstić information content (AvgIpc) is 0.885. The Morgan fingerprint density at radius 1 is 0.455 bits per heavy atom. The lowest BCUT2D eigenvalue weighted by molar-refractivity contribution is -0.146. The van der Waals surface area contributed by atoms with Crippen molar-refractivity contribution in [3.8, 4) is 5.75 Å². The van der Waals surface area contributed by atoms with E-state index in [9.17, 15) is 126 Å². The number of nitrogens with zero attached hydrogens (tertiary/aromatic N) is 4. The maximum atomic E-state index is 13.4. The van der Waals surface area contributed by atoms with Gasteiger partial charge >= 0.3 is 63.0 Å². The fourth-order valence-corrected chi connectivity index (χ4v) is 12.4. The molecule has 1 fully saturated rings. The van der Waals surface area contributed by atoms with Crippen molar-refractivity contribution < 1.29 is 136 Å². The molecule has 0 aromatic heterocycles. The molecule has 0 radical (unpaired) electrons. The van der Waals surface area contributed by atoms with Crippen LogP contribution in [0.25, 0.3) is 0 Å². The maximum Gasteiger partial charge on any atom is 0.360 e. The van der Waals surface area contributed by atoms with Crippen molar-refractivity contribution in [3.63, 3.8) is 0 Å². The summed E-state index contributed by atoms with van der Waals surface area (Å²) in [6, 6.07) is 6.65. The Labute approximate surface area is 577 Å². The lowest BCUT2D eigenvalue weighted by atomic mass is 10.0. The molecule has 0 aliphatic carbocycles. The van der Waals surface area contributed by atoms with Crippen molar-refractivity contribution in [3.05, 3.63) is 65.7 Å². The predicted molar refractivity (Wildman–Crippen MR) is 348 cm³/mol. The minimum atomic E-state index is -5.57. The van der Waals surface area contributed by atoms with Gasteiger partial charge in [-0.1, -0.05) is 42.5 Å². The van der Waals surface area contributed by atoms with E-state index in [-0.39, 0.29) is 96.8 Å². The van der Waals surface area contributed by atoms with Gasteiger partial charge in [0.15, 0.2) is 6.61 Å². The van der Waals surface area contributed by atoms with E-state index >= 15 is 0 Å². The third-order valence-corrected chi connectivity index (χ3v) is 18.7. The Morgan fingerprint density at radius 3 is 1.35 bits per heavy atom. The lowest BCUT2D eigenvalue weighted by Gasteiger charge is -2.37. The summed E-state index contributed by atoms with van der Waals surface area (Å²) in [6.07, 6.45) is -2.12. The van der Waals surface area contributed by atoms with Crippen LogP contribution in [0.15, 0.2) is 54.6 Å². The van der Waals surface area contributed by atoms with Gasteiger partial charge in [0.25, 0.3) is 5.91 Å². The largest absolute Gasteiger partial charge is 0.484 e. The number of amides is 8. The molecule has 2 aromatic rings. The molecule has 6 atom stereocenters. The molecular formula is C59H88N12O28P2. The molecule has 3 rings (SSSR count). The summed E-state index contributed by atoms with van der Waals surface area (Å²) in [5.41, 5.74) is -1.47. The van der Waals surface area contributed by atoms with E-state index in [0.29, 0.717) is 12.0 Å². The summed E-state index contributed by atoms with van der Waals surface area (Å²) in [6.45, 7) is -2.79. The third-order valence-electron chi connectivity index (χ3n) is 15.3. The van der Waals surface area contributed by atoms with Gasteiger partial charge in [-0.25, -0.2) is 14.4 Å². The molecule has 0 saturated carbocycles. The summed E-state index contributed by atoms with van der Waals surface area (Å²) >= 11 is 0. The zero-order valence-electron chi connectivity index (χ0n) is 55.0. The summed E-state index contributed by atoms with van der Waals surface area (Å²) in [7, 11) is -11.1. The second kappa shape index (κ2) is 43.4. The number of nitrogens with one attached hydrogen (secondary N) is 8. The van der Waals surface area contributed by atoms with Crippen LogP contribution < -0.4 is 47.3 Å². The molecule has 1 heterocycles. The molecule has 101 heavy (non-hydrogen) atoms. The van der Waals surface area contributed by atoms with Gasteiger partial charge < -0.3 is 103 Å². The van der Waals surface area contributed by atoms with Gasteiger partial charge in [0, 0.05) is 90.6 Å². The fourth-order valence-electron chi connectivity index (χ4n) is 10.2. The van der Waals surface area contributed by atoms with Crippen LogP contribution in [0.1, 0.15) is 75.8 Å². The second-order valence-corrected chi connectivity index (χ2v) is 27.2. The number of rotatable bonds is 43. The van der Waals surface area contributed by atoms with Gasteiger partial charge in [0.2, 0.25) is 35.1 Å². The molecule has 40 nitrogen and oxygen atoms in total. The summed E-state index contributed by atoms with van der Waals surface area (Å²) in [4.78, 5) is 216. The molecule has 2 aromatic carbocycles. The van der Waals surface area contributed by atoms with Crippen LogP contribution in [0.2, 0.25) is 0 Å². The van der Waals surface area contributed by atoms with Gasteiger partial charge in [-0.3, -0.25) is 81.5 Å². The molecule has 1 saturated heterocycles. The molecular weight excluding hydrogens is 1390 g/mol. The van der Waals surface area contributed by atoms with Crippen molar-refractivity contribution >= 4 is 98.5 Å². The van der Waals surface area contributed by atoms with E-state index in [1.54, 1.807) is 61.5 Å². The van der Waals surface area contributed by atoms with Crippen molar-refractivity contribution in [2.75, 3.05) is 91.7 Å². The standard InChI is InChI=1S/C59H88N12O28P2/c1-36(29-38-10-12-39(13-11-38)99-35-49(76)64-42(30-37-7-3-2-4-8-37)53(83)60-20-6-5-9-40(54(84)85)65-58(92)66-41(55(86)87)14-19-50(77)78)63-47(74)31-61-45(72)17-15-43(56(88)89)70-25-21-68(33-51(79)80)23-27-71(28-24-69(22-26-70)34-52(81)82)44(57(90)91)16-18-46(73)62-32-48(75)67-59(100(93,94)95)101(96,97)98/h2-4,7-8,10-13,36,40-44,59H,5-6,9,14-35H2,1H3,(H,60,83)(H,61,72)(H,62,73)(H,63,74)(H,64,76)(H,67,75)(H,77,78)(H,79,80)(H,81,82)(H,84,85)(H,86,87)(H,88,89)(H,90,91)(H2,65,66,92)(H2,93,94,95)(H2,96,97,98)/t36-,40-,41-,42-,43?,44?/m0/s1. The van der Waals surface area contributed by atoms with Crippen molar-refractivity contribution in [2.45, 2.75) is 119 Å². The molecule has 2 unspecified atom stereocenters. The number of hydrogen-bond donors (Lipinski definition) is 19. The average molecular weight is 1480 g/mol. The Hall–Kier alpha value is -9.24. The number of carbonyl (C=O) groups is 14. The Morgan fingerprint density at radius 2 is 0.911 bits per heavy atom. The maximum absolute atomic E-state index is 13.4. The van der Waals surface area contributed by atoms with Crippen molar-refractivity contribution in [1.29, 1.82) is 0 Å². The number of carboxylic acid groups (broad SMARTS) is 7. The molecule has 0 bridgehead atoms. The first-order valence-electron chi connectivity index (χ1n) is 31.5. The number of urea groups is 1. The van der Waals surface area contributed by atoms with Crippen LogP contribution in [-0.4, -0.2) is 292 Å². The van der Waals surface area contributed by atoms with Gasteiger partial charge in [0.05, 0.1) is 26.2 Å². The highest BCUT2D eigenvalue weighted by molar-refractivity contribution is 7.70. The molecule has 1 aliphatic rings. The highest BCUT2D eigenvalue weighted by atomic mass is 31.2. The van der Waals surface area contributed by atoms with E-state index in [2.05, 4.69) is 31.9 Å². The molecule has 8 amide bonds. The molecule has 19 N–H and O–H groups in total. The lowest BCUT2D eigenvalue weighted by Crippen LogP contribution is -2.53. The van der Waals surface area contributed by atoms with E-state index in [0.717, 1.165) is 5.56 Å². The zero-order chi connectivity index (χ0) is 75.6. The van der Waals surface area contributed by atoms with Crippen molar-refractivity contribution in [2.24, 2.45) is 0 Å². The number of ether oxygens (including phenoxy) is 1. The van der Waals surface area contributed by atoms with Crippen LogP contribution in [0.4, 0.5) is 4.79 Å². The van der Waals surface area contributed by atoms with Gasteiger partial charge in [-0.05, 0) is 75.1 Å². The summed E-state index contributed by atoms with van der Waals surface area (Å²) in [5, 5.41) is 86.4. The minimum absolute atomic E-state index is 0.0395. The normalized spacial score (nSPS) is 15.5.